The first-order valence-corrected chi connectivity index (χ1v) is 10.3. The Kier molecular flexibility index (Phi) is 5.57. The molecule has 0 saturated heterocycles. The zero-order valence-electron chi connectivity index (χ0n) is 15.7. The number of nitro benzene ring substituents is 1. The topological polar surface area (TPSA) is 103 Å². The molecule has 1 aliphatic rings. The fraction of sp³-hybridized carbons (Fsp3) is 0.250. The van der Waals surface area contributed by atoms with E-state index in [9.17, 15) is 10.1 Å². The molecule has 0 unspecified atom stereocenters. The molecule has 2 aromatic carbocycles. The second kappa shape index (κ2) is 8.44. The number of hydrogen-bond donors (Lipinski definition) is 1. The number of rotatable bonds is 6. The Bertz CT molecular complexity index is 1050. The molecule has 1 atom stereocenters. The number of nitrogens with zero attached hydrogens (tertiary/aromatic N) is 4. The first kappa shape index (κ1) is 19.1. The lowest BCUT2D eigenvalue weighted by molar-refractivity contribution is -0.385. The Morgan fingerprint density at radius 3 is 2.90 bits per heavy atom. The molecule has 29 heavy (non-hydrogen) atoms. The summed E-state index contributed by atoms with van der Waals surface area (Å²) in [6, 6.07) is 14.0. The second-order valence-electron chi connectivity index (χ2n) is 6.49. The average molecular weight is 409 g/mol. The lowest BCUT2D eigenvalue weighted by Crippen LogP contribution is -2.17. The number of unbranched alkanes of at least 4 members (excludes halogenated alkanes) is 1. The number of benzene rings is 2. The molecule has 0 bridgehead atoms. The number of thioether (sulfide) groups is 1. The standard InChI is InChI=1S/C20H19N5O3S/c1-2-3-11-29-20-22-19-17(23-24-20)15-9-4-5-10-16(15)21-18(28-19)13-7-6-8-14(12-13)25(26)27/h4-10,12,18,21H,2-3,11H2,1H3/t18-/m1/s1. The first-order valence-electron chi connectivity index (χ1n) is 9.30. The van der Waals surface area contributed by atoms with Crippen LogP contribution in [0.5, 0.6) is 5.88 Å². The summed E-state index contributed by atoms with van der Waals surface area (Å²) < 4.78 is 6.15. The summed E-state index contributed by atoms with van der Waals surface area (Å²) in [4.78, 5) is 15.3. The third kappa shape index (κ3) is 4.14. The SMILES string of the molecule is CCCCSc1nnc2c(n1)O[C@H](c1cccc([N+](=O)[O-])c1)Nc1ccccc1-2. The molecular weight excluding hydrogens is 390 g/mol. The molecule has 0 radical (unpaired) electrons. The summed E-state index contributed by atoms with van der Waals surface area (Å²) in [5, 5.41) is 23.6. The van der Waals surface area contributed by atoms with Crippen LogP contribution in [-0.4, -0.2) is 25.9 Å². The van der Waals surface area contributed by atoms with E-state index in [0.717, 1.165) is 29.8 Å². The van der Waals surface area contributed by atoms with Crippen molar-refractivity contribution in [3.8, 4) is 17.1 Å². The molecule has 0 aliphatic carbocycles. The number of ether oxygens (including phenoxy) is 1. The van der Waals surface area contributed by atoms with Crippen molar-refractivity contribution in [3.63, 3.8) is 0 Å². The fourth-order valence-corrected chi connectivity index (χ4v) is 3.83. The van der Waals surface area contributed by atoms with E-state index in [1.54, 1.807) is 12.1 Å². The van der Waals surface area contributed by atoms with Gasteiger partial charge in [-0.2, -0.15) is 4.98 Å². The minimum Gasteiger partial charge on any atom is -0.448 e. The number of fused-ring (bicyclic) bond motifs is 3. The summed E-state index contributed by atoms with van der Waals surface area (Å²) in [5.41, 5.74) is 2.79. The number of nitro groups is 1. The number of aromatic nitrogens is 3. The van der Waals surface area contributed by atoms with Crippen molar-refractivity contribution in [2.45, 2.75) is 31.1 Å². The average Bonchev–Trinajstić information content (AvgIpc) is 2.90. The van der Waals surface area contributed by atoms with E-state index in [4.69, 9.17) is 4.74 Å². The van der Waals surface area contributed by atoms with Gasteiger partial charge in [-0.15, -0.1) is 10.2 Å². The number of hydrogen-bond acceptors (Lipinski definition) is 8. The van der Waals surface area contributed by atoms with Gasteiger partial charge in [0.1, 0.15) is 0 Å². The lowest BCUT2D eigenvalue weighted by Gasteiger charge is -2.19. The van der Waals surface area contributed by atoms with Crippen LogP contribution in [0.2, 0.25) is 0 Å². The minimum atomic E-state index is -0.650. The number of para-hydroxylation sites is 1. The molecule has 1 aliphatic heterocycles. The van der Waals surface area contributed by atoms with Crippen molar-refractivity contribution in [2.75, 3.05) is 11.1 Å². The molecule has 3 aromatic rings. The van der Waals surface area contributed by atoms with E-state index < -0.39 is 11.2 Å². The maximum Gasteiger partial charge on any atom is 0.269 e. The highest BCUT2D eigenvalue weighted by molar-refractivity contribution is 7.99. The van der Waals surface area contributed by atoms with Gasteiger partial charge in [0.25, 0.3) is 5.69 Å². The Morgan fingerprint density at radius 1 is 1.21 bits per heavy atom. The quantitative estimate of drug-likeness (QED) is 0.267. The first-order chi connectivity index (χ1) is 14.2. The van der Waals surface area contributed by atoms with Gasteiger partial charge in [-0.25, -0.2) is 0 Å². The molecule has 0 saturated carbocycles. The predicted molar refractivity (Wildman–Crippen MR) is 111 cm³/mol. The molecule has 9 heteroatoms. The zero-order valence-corrected chi connectivity index (χ0v) is 16.6. The van der Waals surface area contributed by atoms with Crippen LogP contribution >= 0.6 is 11.8 Å². The summed E-state index contributed by atoms with van der Waals surface area (Å²) in [7, 11) is 0. The highest BCUT2D eigenvalue weighted by atomic mass is 32.2. The molecule has 2 heterocycles. The van der Waals surface area contributed by atoms with Crippen LogP contribution in [0, 0.1) is 10.1 Å². The van der Waals surface area contributed by atoms with Crippen LogP contribution in [0.3, 0.4) is 0 Å². The van der Waals surface area contributed by atoms with Gasteiger partial charge in [-0.3, -0.25) is 10.1 Å². The molecule has 0 amide bonds. The Hall–Kier alpha value is -3.20. The summed E-state index contributed by atoms with van der Waals surface area (Å²) in [6.07, 6.45) is 1.50. The normalized spacial score (nSPS) is 14.7. The number of nitrogens with one attached hydrogen (secondary N) is 1. The van der Waals surface area contributed by atoms with Crippen molar-refractivity contribution in [1.29, 1.82) is 0 Å². The van der Waals surface area contributed by atoms with Crippen LogP contribution in [-0.2, 0) is 0 Å². The van der Waals surface area contributed by atoms with Gasteiger partial charge in [0, 0.05) is 34.7 Å². The van der Waals surface area contributed by atoms with Gasteiger partial charge in [-0.1, -0.05) is 55.4 Å². The van der Waals surface area contributed by atoms with Crippen molar-refractivity contribution in [2.24, 2.45) is 0 Å². The molecule has 148 valence electrons. The van der Waals surface area contributed by atoms with Crippen molar-refractivity contribution in [1.82, 2.24) is 15.2 Å². The molecule has 1 aromatic heterocycles. The van der Waals surface area contributed by atoms with E-state index in [-0.39, 0.29) is 5.69 Å². The minimum absolute atomic E-state index is 0.00211. The molecular formula is C20H19N5O3S. The van der Waals surface area contributed by atoms with Crippen LogP contribution in [0.25, 0.3) is 11.3 Å². The molecule has 0 spiro atoms. The van der Waals surface area contributed by atoms with Crippen molar-refractivity contribution in [3.05, 3.63) is 64.2 Å². The fourth-order valence-electron chi connectivity index (χ4n) is 2.97. The van der Waals surface area contributed by atoms with Gasteiger partial charge in [-0.05, 0) is 12.5 Å². The van der Waals surface area contributed by atoms with Gasteiger partial charge in [0.2, 0.25) is 11.0 Å². The van der Waals surface area contributed by atoms with E-state index in [1.165, 1.54) is 23.9 Å². The van der Waals surface area contributed by atoms with Crippen LogP contribution < -0.4 is 10.1 Å². The van der Waals surface area contributed by atoms with Gasteiger partial charge in [0.15, 0.2) is 11.9 Å². The maximum atomic E-state index is 11.2. The lowest BCUT2D eigenvalue weighted by atomic mass is 10.1. The van der Waals surface area contributed by atoms with Gasteiger partial charge >= 0.3 is 0 Å². The summed E-state index contributed by atoms with van der Waals surface area (Å²) >= 11 is 1.53. The van der Waals surface area contributed by atoms with E-state index in [1.807, 2.05) is 24.3 Å². The predicted octanol–water partition coefficient (Wildman–Crippen LogP) is 4.84. The number of anilines is 1. The maximum absolute atomic E-state index is 11.2. The van der Waals surface area contributed by atoms with Crippen LogP contribution in [0.15, 0.2) is 53.7 Å². The van der Waals surface area contributed by atoms with Crippen LogP contribution in [0.1, 0.15) is 31.6 Å². The monoisotopic (exact) mass is 409 g/mol. The van der Waals surface area contributed by atoms with E-state index >= 15 is 0 Å². The Morgan fingerprint density at radius 2 is 2.07 bits per heavy atom. The second-order valence-corrected chi connectivity index (χ2v) is 7.55. The Balaban J connectivity index is 1.74. The van der Waals surface area contributed by atoms with E-state index in [2.05, 4.69) is 27.4 Å². The molecule has 4 rings (SSSR count). The zero-order chi connectivity index (χ0) is 20.2. The van der Waals surface area contributed by atoms with Gasteiger partial charge in [0.05, 0.1) is 4.92 Å². The summed E-state index contributed by atoms with van der Waals surface area (Å²) in [6.45, 7) is 2.13. The molecule has 0 fully saturated rings. The van der Waals surface area contributed by atoms with E-state index in [0.29, 0.717) is 22.3 Å². The Labute approximate surface area is 171 Å². The third-order valence-corrected chi connectivity index (χ3v) is 5.37. The third-order valence-electron chi connectivity index (χ3n) is 4.45. The van der Waals surface area contributed by atoms with Crippen LogP contribution in [0.4, 0.5) is 11.4 Å². The summed E-state index contributed by atoms with van der Waals surface area (Å²) in [5.74, 6) is 1.26. The largest absolute Gasteiger partial charge is 0.448 e. The molecule has 8 nitrogen and oxygen atoms in total. The van der Waals surface area contributed by atoms with Crippen molar-refractivity contribution >= 4 is 23.1 Å². The van der Waals surface area contributed by atoms with Gasteiger partial charge < -0.3 is 10.1 Å². The molecule has 1 N–H and O–H groups in total. The van der Waals surface area contributed by atoms with Crippen molar-refractivity contribution < 1.29 is 9.66 Å². The number of non-ortho nitro benzene ring substituents is 1. The highest BCUT2D eigenvalue weighted by Crippen LogP contribution is 2.39. The highest BCUT2D eigenvalue weighted by Gasteiger charge is 2.26. The smallest absolute Gasteiger partial charge is 0.269 e.